The standard InChI is InChI=1S/C13H7ClFN/c14-9-1-3-12-11-4-2-10(15)5-8(11)7-16-13(12)6-9/h1-7H. The molecule has 0 saturated heterocycles. The second-order valence-electron chi connectivity index (χ2n) is 3.65. The summed E-state index contributed by atoms with van der Waals surface area (Å²) in [4.78, 5) is 4.26. The van der Waals surface area contributed by atoms with Crippen molar-refractivity contribution in [2.24, 2.45) is 0 Å². The van der Waals surface area contributed by atoms with E-state index in [0.29, 0.717) is 5.02 Å². The van der Waals surface area contributed by atoms with Crippen LogP contribution >= 0.6 is 11.6 Å². The van der Waals surface area contributed by atoms with Crippen LogP contribution in [0.4, 0.5) is 4.39 Å². The van der Waals surface area contributed by atoms with Gasteiger partial charge in [-0.3, -0.25) is 4.98 Å². The van der Waals surface area contributed by atoms with Gasteiger partial charge in [-0.15, -0.1) is 0 Å². The molecular weight excluding hydrogens is 225 g/mol. The molecule has 1 aromatic heterocycles. The normalized spacial score (nSPS) is 11.1. The molecule has 0 amide bonds. The molecule has 0 atom stereocenters. The number of rotatable bonds is 0. The monoisotopic (exact) mass is 231 g/mol. The summed E-state index contributed by atoms with van der Waals surface area (Å²) in [5, 5.41) is 3.43. The van der Waals surface area contributed by atoms with Crippen molar-refractivity contribution in [1.82, 2.24) is 4.98 Å². The van der Waals surface area contributed by atoms with Gasteiger partial charge < -0.3 is 0 Å². The molecule has 0 bridgehead atoms. The van der Waals surface area contributed by atoms with Crippen molar-refractivity contribution in [2.75, 3.05) is 0 Å². The molecule has 0 aliphatic heterocycles. The van der Waals surface area contributed by atoms with Crippen LogP contribution in [0.5, 0.6) is 0 Å². The summed E-state index contributed by atoms with van der Waals surface area (Å²) < 4.78 is 13.1. The van der Waals surface area contributed by atoms with E-state index in [4.69, 9.17) is 11.6 Å². The van der Waals surface area contributed by atoms with Gasteiger partial charge >= 0.3 is 0 Å². The molecule has 0 aliphatic carbocycles. The number of pyridine rings is 1. The van der Waals surface area contributed by atoms with Crippen molar-refractivity contribution in [3.63, 3.8) is 0 Å². The summed E-state index contributed by atoms with van der Waals surface area (Å²) in [6, 6.07) is 10.2. The number of hydrogen-bond acceptors (Lipinski definition) is 1. The van der Waals surface area contributed by atoms with Crippen molar-refractivity contribution < 1.29 is 4.39 Å². The van der Waals surface area contributed by atoms with Gasteiger partial charge in [0.2, 0.25) is 0 Å². The van der Waals surface area contributed by atoms with Crippen LogP contribution in [0.3, 0.4) is 0 Å². The Morgan fingerprint density at radius 3 is 2.69 bits per heavy atom. The van der Waals surface area contributed by atoms with Gasteiger partial charge in [-0.2, -0.15) is 0 Å². The van der Waals surface area contributed by atoms with Crippen LogP contribution in [0.1, 0.15) is 0 Å². The fourth-order valence-corrected chi connectivity index (χ4v) is 2.03. The first-order valence-electron chi connectivity index (χ1n) is 4.87. The first kappa shape index (κ1) is 9.55. The zero-order valence-electron chi connectivity index (χ0n) is 8.24. The minimum absolute atomic E-state index is 0.248. The third-order valence-corrected chi connectivity index (χ3v) is 2.84. The lowest BCUT2D eigenvalue weighted by Gasteiger charge is -2.03. The maximum Gasteiger partial charge on any atom is 0.123 e. The van der Waals surface area contributed by atoms with Gasteiger partial charge in [-0.25, -0.2) is 4.39 Å². The first-order chi connectivity index (χ1) is 7.74. The fraction of sp³-hybridized carbons (Fsp3) is 0. The predicted octanol–water partition coefficient (Wildman–Crippen LogP) is 4.18. The van der Waals surface area contributed by atoms with E-state index in [1.54, 1.807) is 18.3 Å². The first-order valence-corrected chi connectivity index (χ1v) is 5.25. The summed E-state index contributed by atoms with van der Waals surface area (Å²) in [5.74, 6) is -0.248. The lowest BCUT2D eigenvalue weighted by Crippen LogP contribution is -1.83. The number of benzene rings is 2. The second-order valence-corrected chi connectivity index (χ2v) is 4.09. The third-order valence-electron chi connectivity index (χ3n) is 2.61. The minimum atomic E-state index is -0.248. The van der Waals surface area contributed by atoms with Crippen molar-refractivity contribution >= 4 is 33.3 Å². The zero-order chi connectivity index (χ0) is 11.1. The van der Waals surface area contributed by atoms with Crippen molar-refractivity contribution in [1.29, 1.82) is 0 Å². The number of nitrogens with zero attached hydrogens (tertiary/aromatic N) is 1. The van der Waals surface area contributed by atoms with E-state index in [1.165, 1.54) is 12.1 Å². The van der Waals surface area contributed by atoms with E-state index in [-0.39, 0.29) is 5.82 Å². The predicted molar refractivity (Wildman–Crippen MR) is 64.2 cm³/mol. The Morgan fingerprint density at radius 1 is 1.00 bits per heavy atom. The molecule has 2 aromatic carbocycles. The SMILES string of the molecule is Fc1ccc2c(cnc3cc(Cl)ccc32)c1. The van der Waals surface area contributed by atoms with Gasteiger partial charge in [0.1, 0.15) is 5.82 Å². The number of aromatic nitrogens is 1. The van der Waals surface area contributed by atoms with Crippen LogP contribution in [-0.4, -0.2) is 4.98 Å². The van der Waals surface area contributed by atoms with Gasteiger partial charge in [0.15, 0.2) is 0 Å². The van der Waals surface area contributed by atoms with E-state index in [1.807, 2.05) is 12.1 Å². The van der Waals surface area contributed by atoms with E-state index < -0.39 is 0 Å². The average Bonchev–Trinajstić information content (AvgIpc) is 2.28. The smallest absolute Gasteiger partial charge is 0.123 e. The molecule has 0 spiro atoms. The Morgan fingerprint density at radius 2 is 1.81 bits per heavy atom. The molecule has 3 rings (SSSR count). The van der Waals surface area contributed by atoms with Crippen LogP contribution in [0, 0.1) is 5.82 Å². The van der Waals surface area contributed by atoms with Crippen LogP contribution in [0.25, 0.3) is 21.7 Å². The topological polar surface area (TPSA) is 12.9 Å². The highest BCUT2D eigenvalue weighted by Gasteiger charge is 2.03. The van der Waals surface area contributed by atoms with Gasteiger partial charge in [-0.05, 0) is 29.7 Å². The molecule has 0 unspecified atom stereocenters. The Balaban J connectivity index is 2.50. The Kier molecular flexibility index (Phi) is 2.04. The molecule has 1 nitrogen and oxygen atoms in total. The largest absolute Gasteiger partial charge is 0.256 e. The van der Waals surface area contributed by atoms with E-state index >= 15 is 0 Å². The molecule has 0 saturated carbocycles. The van der Waals surface area contributed by atoms with Crippen molar-refractivity contribution in [3.8, 4) is 0 Å². The molecular formula is C13H7ClFN. The molecule has 78 valence electrons. The molecule has 0 radical (unpaired) electrons. The zero-order valence-corrected chi connectivity index (χ0v) is 9.00. The molecule has 3 aromatic rings. The molecule has 1 heterocycles. The summed E-state index contributed by atoms with van der Waals surface area (Å²) in [5.41, 5.74) is 0.826. The summed E-state index contributed by atoms with van der Waals surface area (Å²) in [7, 11) is 0. The summed E-state index contributed by atoms with van der Waals surface area (Å²) in [6.45, 7) is 0. The quantitative estimate of drug-likeness (QED) is 0.529. The maximum absolute atomic E-state index is 13.1. The van der Waals surface area contributed by atoms with Gasteiger partial charge in [-0.1, -0.05) is 23.7 Å². The molecule has 16 heavy (non-hydrogen) atoms. The van der Waals surface area contributed by atoms with Crippen LogP contribution in [-0.2, 0) is 0 Å². The minimum Gasteiger partial charge on any atom is -0.256 e. The third kappa shape index (κ3) is 1.42. The van der Waals surface area contributed by atoms with Crippen LogP contribution in [0.2, 0.25) is 5.02 Å². The Hall–Kier alpha value is -1.67. The van der Waals surface area contributed by atoms with Crippen molar-refractivity contribution in [2.45, 2.75) is 0 Å². The average molecular weight is 232 g/mol. The lowest BCUT2D eigenvalue weighted by molar-refractivity contribution is 0.630. The summed E-state index contributed by atoms with van der Waals surface area (Å²) in [6.07, 6.45) is 1.66. The lowest BCUT2D eigenvalue weighted by atomic mass is 10.1. The number of hydrogen-bond donors (Lipinski definition) is 0. The van der Waals surface area contributed by atoms with Crippen LogP contribution in [0.15, 0.2) is 42.6 Å². The number of halogens is 2. The second kappa shape index (κ2) is 3.42. The van der Waals surface area contributed by atoms with Gasteiger partial charge in [0, 0.05) is 22.0 Å². The van der Waals surface area contributed by atoms with Gasteiger partial charge in [0.25, 0.3) is 0 Å². The molecule has 0 fully saturated rings. The number of fused-ring (bicyclic) bond motifs is 3. The van der Waals surface area contributed by atoms with E-state index in [9.17, 15) is 4.39 Å². The molecule has 0 N–H and O–H groups in total. The fourth-order valence-electron chi connectivity index (χ4n) is 1.86. The van der Waals surface area contributed by atoms with E-state index in [2.05, 4.69) is 4.98 Å². The van der Waals surface area contributed by atoms with Gasteiger partial charge in [0.05, 0.1) is 5.52 Å². The van der Waals surface area contributed by atoms with E-state index in [0.717, 1.165) is 21.7 Å². The highest BCUT2D eigenvalue weighted by Crippen LogP contribution is 2.26. The Labute approximate surface area is 96.5 Å². The molecule has 3 heteroatoms. The summed E-state index contributed by atoms with van der Waals surface area (Å²) >= 11 is 5.90. The maximum atomic E-state index is 13.1. The highest BCUT2D eigenvalue weighted by atomic mass is 35.5. The highest BCUT2D eigenvalue weighted by molar-refractivity contribution is 6.31. The Bertz CT molecular complexity index is 633. The van der Waals surface area contributed by atoms with Crippen molar-refractivity contribution in [3.05, 3.63) is 53.4 Å². The molecule has 0 aliphatic rings. The van der Waals surface area contributed by atoms with Crippen LogP contribution < -0.4 is 0 Å².